The fraction of sp³-hybridized carbons (Fsp3) is 0.500. The summed E-state index contributed by atoms with van der Waals surface area (Å²) in [6.07, 6.45) is -4.35. The molecule has 5 heteroatoms. The molecule has 0 heterocycles. The predicted octanol–water partition coefficient (Wildman–Crippen LogP) is 2.87. The van der Waals surface area contributed by atoms with E-state index in [0.29, 0.717) is 12.8 Å². The minimum Gasteiger partial charge on any atom is -0.391 e. The van der Waals surface area contributed by atoms with Crippen LogP contribution in [0.2, 0.25) is 0 Å². The lowest BCUT2D eigenvalue weighted by Gasteiger charge is -2.22. The summed E-state index contributed by atoms with van der Waals surface area (Å²) in [5.41, 5.74) is 4.84. The highest BCUT2D eigenvalue weighted by atomic mass is 19.4. The van der Waals surface area contributed by atoms with Crippen molar-refractivity contribution >= 4 is 0 Å². The average molecular weight is 247 g/mol. The van der Waals surface area contributed by atoms with Crippen molar-refractivity contribution in [1.29, 1.82) is 0 Å². The number of alkyl halides is 3. The molecule has 0 spiro atoms. The molecule has 0 bridgehead atoms. The van der Waals surface area contributed by atoms with E-state index in [1.807, 2.05) is 6.92 Å². The second-order valence-electron chi connectivity index (χ2n) is 3.97. The summed E-state index contributed by atoms with van der Waals surface area (Å²) >= 11 is 0. The monoisotopic (exact) mass is 247 g/mol. The highest BCUT2D eigenvalue weighted by Gasteiger charge is 2.35. The van der Waals surface area contributed by atoms with Gasteiger partial charge in [0.25, 0.3) is 0 Å². The van der Waals surface area contributed by atoms with Gasteiger partial charge in [-0.05, 0) is 18.1 Å². The Bertz CT molecular complexity index is 365. The van der Waals surface area contributed by atoms with Crippen LogP contribution in [0.15, 0.2) is 24.3 Å². The van der Waals surface area contributed by atoms with Gasteiger partial charge in [-0.3, -0.25) is 0 Å². The normalized spacial score (nSPS) is 15.6. The van der Waals surface area contributed by atoms with Crippen molar-refractivity contribution in [3.8, 4) is 0 Å². The molecule has 1 aromatic rings. The third-order valence-corrected chi connectivity index (χ3v) is 2.62. The Morgan fingerprint density at radius 3 is 2.41 bits per heavy atom. The molecular formula is C12H16F3NO. The lowest BCUT2D eigenvalue weighted by molar-refractivity contribution is -0.138. The molecule has 0 unspecified atom stereocenters. The van der Waals surface area contributed by atoms with Crippen LogP contribution < -0.4 is 5.73 Å². The van der Waals surface area contributed by atoms with E-state index in [0.717, 1.165) is 6.07 Å². The fourth-order valence-corrected chi connectivity index (χ4v) is 1.73. The number of rotatable bonds is 4. The first-order chi connectivity index (χ1) is 7.88. The minimum atomic E-state index is -4.44. The first kappa shape index (κ1) is 14.0. The van der Waals surface area contributed by atoms with Crippen LogP contribution in [-0.4, -0.2) is 11.2 Å². The van der Waals surface area contributed by atoms with Crippen LogP contribution in [0.5, 0.6) is 0 Å². The molecule has 17 heavy (non-hydrogen) atoms. The van der Waals surface area contributed by atoms with Crippen molar-refractivity contribution in [2.24, 2.45) is 5.73 Å². The number of hydrogen-bond donors (Lipinski definition) is 2. The van der Waals surface area contributed by atoms with E-state index in [4.69, 9.17) is 5.73 Å². The lowest BCUT2D eigenvalue weighted by Crippen LogP contribution is -2.28. The predicted molar refractivity (Wildman–Crippen MR) is 59.3 cm³/mol. The molecule has 0 saturated carbocycles. The van der Waals surface area contributed by atoms with Gasteiger partial charge in [0.1, 0.15) is 0 Å². The first-order valence-corrected chi connectivity index (χ1v) is 5.47. The number of benzene rings is 1. The number of aliphatic hydroxyl groups excluding tert-OH is 1. The molecule has 3 N–H and O–H groups in total. The van der Waals surface area contributed by atoms with E-state index in [9.17, 15) is 18.3 Å². The van der Waals surface area contributed by atoms with Crippen LogP contribution in [0.4, 0.5) is 13.2 Å². The van der Waals surface area contributed by atoms with E-state index < -0.39 is 23.9 Å². The molecule has 0 aliphatic rings. The van der Waals surface area contributed by atoms with Crippen LogP contribution in [-0.2, 0) is 6.18 Å². The molecule has 1 rings (SSSR count). The molecule has 0 aliphatic heterocycles. The van der Waals surface area contributed by atoms with Gasteiger partial charge in [-0.15, -0.1) is 0 Å². The van der Waals surface area contributed by atoms with Gasteiger partial charge in [0.2, 0.25) is 0 Å². The number of aliphatic hydroxyl groups is 1. The summed E-state index contributed by atoms with van der Waals surface area (Å²) in [6, 6.07) is 4.09. The van der Waals surface area contributed by atoms with Crippen LogP contribution in [0.1, 0.15) is 36.9 Å². The molecule has 96 valence electrons. The Morgan fingerprint density at radius 1 is 1.29 bits per heavy atom. The van der Waals surface area contributed by atoms with Crippen molar-refractivity contribution in [3.63, 3.8) is 0 Å². The van der Waals surface area contributed by atoms with Crippen LogP contribution in [0.3, 0.4) is 0 Å². The standard InChI is InChI=1S/C12H16F3NO/c1-2-5-10(17)11(16)8-6-3-4-7-9(8)12(13,14)15/h3-4,6-7,10-11,17H,2,5,16H2,1H3/t10-,11+/m1/s1. The Labute approximate surface area is 98.3 Å². The summed E-state index contributed by atoms with van der Waals surface area (Å²) in [6.45, 7) is 1.84. The minimum absolute atomic E-state index is 0.0547. The van der Waals surface area contributed by atoms with Crippen LogP contribution >= 0.6 is 0 Å². The van der Waals surface area contributed by atoms with Gasteiger partial charge in [-0.1, -0.05) is 31.5 Å². The van der Waals surface area contributed by atoms with Crippen molar-refractivity contribution in [2.75, 3.05) is 0 Å². The highest BCUT2D eigenvalue weighted by molar-refractivity contribution is 5.32. The molecule has 2 atom stereocenters. The summed E-state index contributed by atoms with van der Waals surface area (Å²) in [7, 11) is 0. The van der Waals surface area contributed by atoms with E-state index in [-0.39, 0.29) is 5.56 Å². The number of hydrogen-bond acceptors (Lipinski definition) is 2. The van der Waals surface area contributed by atoms with Gasteiger partial charge in [0.15, 0.2) is 0 Å². The molecule has 0 radical (unpaired) electrons. The molecule has 0 aromatic heterocycles. The molecule has 2 nitrogen and oxygen atoms in total. The summed E-state index contributed by atoms with van der Waals surface area (Å²) in [5.74, 6) is 0. The molecule has 1 aromatic carbocycles. The van der Waals surface area contributed by atoms with Crippen molar-refractivity contribution in [1.82, 2.24) is 0 Å². The van der Waals surface area contributed by atoms with Gasteiger partial charge < -0.3 is 10.8 Å². The summed E-state index contributed by atoms with van der Waals surface area (Å²) in [4.78, 5) is 0. The second kappa shape index (κ2) is 5.51. The highest BCUT2D eigenvalue weighted by Crippen LogP contribution is 2.35. The van der Waals surface area contributed by atoms with E-state index in [2.05, 4.69) is 0 Å². The molecule has 0 aliphatic carbocycles. The zero-order valence-corrected chi connectivity index (χ0v) is 9.54. The zero-order chi connectivity index (χ0) is 13.1. The van der Waals surface area contributed by atoms with Gasteiger partial charge in [0.05, 0.1) is 17.7 Å². The van der Waals surface area contributed by atoms with Crippen molar-refractivity contribution < 1.29 is 18.3 Å². The molecule has 0 amide bonds. The average Bonchev–Trinajstić information content (AvgIpc) is 2.27. The Kier molecular flexibility index (Phi) is 4.54. The third kappa shape index (κ3) is 3.44. The maximum Gasteiger partial charge on any atom is 0.416 e. The topological polar surface area (TPSA) is 46.2 Å². The maximum absolute atomic E-state index is 12.7. The lowest BCUT2D eigenvalue weighted by atomic mass is 9.94. The Morgan fingerprint density at radius 2 is 1.88 bits per heavy atom. The number of halogens is 3. The van der Waals surface area contributed by atoms with Gasteiger partial charge in [0, 0.05) is 0 Å². The first-order valence-electron chi connectivity index (χ1n) is 5.47. The molecular weight excluding hydrogens is 231 g/mol. The Balaban J connectivity index is 3.05. The third-order valence-electron chi connectivity index (χ3n) is 2.62. The number of nitrogens with two attached hydrogens (primary N) is 1. The van der Waals surface area contributed by atoms with Crippen molar-refractivity contribution in [3.05, 3.63) is 35.4 Å². The van der Waals surface area contributed by atoms with E-state index in [1.54, 1.807) is 0 Å². The van der Waals surface area contributed by atoms with Crippen molar-refractivity contribution in [2.45, 2.75) is 38.1 Å². The Hall–Kier alpha value is -1.07. The van der Waals surface area contributed by atoms with E-state index in [1.165, 1.54) is 18.2 Å². The van der Waals surface area contributed by atoms with Gasteiger partial charge in [-0.2, -0.15) is 13.2 Å². The second-order valence-corrected chi connectivity index (χ2v) is 3.97. The largest absolute Gasteiger partial charge is 0.416 e. The van der Waals surface area contributed by atoms with Gasteiger partial charge >= 0.3 is 6.18 Å². The summed E-state index contributed by atoms with van der Waals surface area (Å²) < 4.78 is 38.2. The quantitative estimate of drug-likeness (QED) is 0.859. The molecule has 0 saturated heterocycles. The van der Waals surface area contributed by atoms with Crippen LogP contribution in [0.25, 0.3) is 0 Å². The van der Waals surface area contributed by atoms with Crippen LogP contribution in [0, 0.1) is 0 Å². The maximum atomic E-state index is 12.7. The molecule has 0 fully saturated rings. The fourth-order valence-electron chi connectivity index (χ4n) is 1.73. The smallest absolute Gasteiger partial charge is 0.391 e. The summed E-state index contributed by atoms with van der Waals surface area (Å²) in [5, 5.41) is 9.67. The van der Waals surface area contributed by atoms with Gasteiger partial charge in [-0.25, -0.2) is 0 Å². The SMILES string of the molecule is CCC[C@@H](O)[C@@H](N)c1ccccc1C(F)(F)F. The van der Waals surface area contributed by atoms with E-state index >= 15 is 0 Å². The zero-order valence-electron chi connectivity index (χ0n) is 9.54.